The van der Waals surface area contributed by atoms with Crippen LogP contribution in [0, 0.1) is 0 Å². The Hall–Kier alpha value is -2.89. The molecule has 3 aromatic rings. The van der Waals surface area contributed by atoms with Gasteiger partial charge >= 0.3 is 0 Å². The normalized spacial score (nSPS) is 9.71. The van der Waals surface area contributed by atoms with Gasteiger partial charge in [-0.25, -0.2) is 0 Å². The predicted octanol–water partition coefficient (Wildman–Crippen LogP) is 3.84. The molecule has 1 heteroatoms. The van der Waals surface area contributed by atoms with Crippen molar-refractivity contribution in [1.82, 2.24) is 4.67 Å². The number of rotatable bonds is 3. The summed E-state index contributed by atoms with van der Waals surface area (Å²) in [6, 6.07) is 28.5. The molecule has 0 unspecified atom stereocenters. The highest BCUT2D eigenvalue weighted by Crippen LogP contribution is 2.21. The molecule has 100 valence electrons. The van der Waals surface area contributed by atoms with Gasteiger partial charge in [0.05, 0.1) is 0 Å². The number of hydrogen-bond acceptors (Lipinski definition) is 0. The van der Waals surface area contributed by atoms with E-state index in [4.69, 9.17) is 0 Å². The predicted molar refractivity (Wildman–Crippen MR) is 89.7 cm³/mol. The Bertz CT molecular complexity index is 767. The standard InChI is InChI=1S/C20H15N/c1-3-9-17(10-4-1)15-21-16-19-13-7-8-14-20(19)18-11-5-2-6-12-18/h1-15H. The molecule has 0 amide bonds. The monoisotopic (exact) mass is 269 g/mol. The van der Waals surface area contributed by atoms with Crippen molar-refractivity contribution in [1.29, 1.82) is 0 Å². The lowest BCUT2D eigenvalue weighted by Crippen LogP contribution is -1.91. The van der Waals surface area contributed by atoms with Gasteiger partial charge in [0.25, 0.3) is 6.21 Å². The third-order valence-electron chi connectivity index (χ3n) is 3.21. The molecule has 0 spiro atoms. The van der Waals surface area contributed by atoms with Crippen LogP contribution in [0.4, 0.5) is 0 Å². The first-order valence-electron chi connectivity index (χ1n) is 6.92. The van der Waals surface area contributed by atoms with Crippen LogP contribution in [0.3, 0.4) is 0 Å². The van der Waals surface area contributed by atoms with Crippen molar-refractivity contribution < 1.29 is 0 Å². The molecular weight excluding hydrogens is 254 g/mol. The van der Waals surface area contributed by atoms with Gasteiger partial charge in [-0.1, -0.05) is 89.5 Å². The molecule has 0 aromatic heterocycles. The summed E-state index contributed by atoms with van der Waals surface area (Å²) in [5.74, 6) is 0. The zero-order valence-corrected chi connectivity index (χ0v) is 11.6. The summed E-state index contributed by atoms with van der Waals surface area (Å²) in [6.07, 6.45) is 4.95. The zero-order valence-electron chi connectivity index (χ0n) is 11.6. The average molecular weight is 269 g/mol. The summed E-state index contributed by atoms with van der Waals surface area (Å²) in [4.78, 5) is 0. The van der Waals surface area contributed by atoms with Gasteiger partial charge in [0.15, 0.2) is 0 Å². The number of nitrogens with zero attached hydrogens (tertiary/aromatic N) is 1. The molecule has 0 radical (unpaired) electrons. The molecule has 0 bridgehead atoms. The van der Waals surface area contributed by atoms with Crippen LogP contribution in [0.2, 0.25) is 0 Å². The second-order valence-electron chi connectivity index (χ2n) is 4.69. The van der Waals surface area contributed by atoms with Crippen molar-refractivity contribution in [2.24, 2.45) is 0 Å². The Morgan fingerprint density at radius 3 is 2.05 bits per heavy atom. The van der Waals surface area contributed by atoms with Gasteiger partial charge in [-0.05, 0) is 0 Å². The molecule has 3 aromatic carbocycles. The maximum atomic E-state index is 4.32. The summed E-state index contributed by atoms with van der Waals surface area (Å²) in [5, 5.41) is 0. The summed E-state index contributed by atoms with van der Waals surface area (Å²) in [6.45, 7) is 0. The van der Waals surface area contributed by atoms with Gasteiger partial charge in [-0.15, -0.1) is 12.1 Å². The molecule has 0 fully saturated rings. The lowest BCUT2D eigenvalue weighted by molar-refractivity contribution is 1.57. The summed E-state index contributed by atoms with van der Waals surface area (Å²) >= 11 is 0. The van der Waals surface area contributed by atoms with Crippen LogP contribution >= 0.6 is 0 Å². The Kier molecular flexibility index (Phi) is 4.07. The van der Waals surface area contributed by atoms with E-state index in [1.54, 1.807) is 0 Å². The third kappa shape index (κ3) is 3.36. The van der Waals surface area contributed by atoms with Crippen molar-refractivity contribution in [3.63, 3.8) is 0 Å². The highest BCUT2D eigenvalue weighted by molar-refractivity contribution is 5.92. The van der Waals surface area contributed by atoms with Crippen molar-refractivity contribution in [3.05, 3.63) is 96.1 Å². The highest BCUT2D eigenvalue weighted by Gasteiger charge is 1.98. The van der Waals surface area contributed by atoms with Gasteiger partial charge in [0, 0.05) is 5.56 Å². The van der Waals surface area contributed by atoms with E-state index in [1.165, 1.54) is 5.56 Å². The fourth-order valence-corrected chi connectivity index (χ4v) is 2.17. The summed E-state index contributed by atoms with van der Waals surface area (Å²) in [7, 11) is 0. The van der Waals surface area contributed by atoms with Crippen LogP contribution < -0.4 is 4.67 Å². The van der Waals surface area contributed by atoms with E-state index >= 15 is 0 Å². The maximum Gasteiger partial charge on any atom is 0.290 e. The molecule has 0 aliphatic carbocycles. The fourth-order valence-electron chi connectivity index (χ4n) is 2.17. The number of benzene rings is 3. The second kappa shape index (κ2) is 6.51. The van der Waals surface area contributed by atoms with Gasteiger partial charge in [-0.3, -0.25) is 0 Å². The Balaban J connectivity index is 1.95. The van der Waals surface area contributed by atoms with Crippen molar-refractivity contribution >= 4 is 12.4 Å². The van der Waals surface area contributed by atoms with Crippen LogP contribution in [-0.4, -0.2) is 12.4 Å². The molecular formula is C20H15N. The highest BCUT2D eigenvalue weighted by atomic mass is 14.5. The summed E-state index contributed by atoms with van der Waals surface area (Å²) < 4.78 is 4.32. The van der Waals surface area contributed by atoms with Crippen molar-refractivity contribution in [2.45, 2.75) is 0 Å². The minimum absolute atomic E-state index is 0.996. The first-order chi connectivity index (χ1) is 10.4. The SMILES string of the molecule is [C-](=[N+]=Cc1ccccc1)c1ccccc1-c1ccccc1. The lowest BCUT2D eigenvalue weighted by Gasteiger charge is -2.07. The molecule has 0 aliphatic rings. The largest absolute Gasteiger partial charge is 0.290 e. The Labute approximate surface area is 125 Å². The van der Waals surface area contributed by atoms with Gasteiger partial charge < -0.3 is 0 Å². The van der Waals surface area contributed by atoms with Crippen LogP contribution in [0.5, 0.6) is 0 Å². The van der Waals surface area contributed by atoms with Crippen molar-refractivity contribution in [2.75, 3.05) is 0 Å². The summed E-state index contributed by atoms with van der Waals surface area (Å²) in [5.41, 5.74) is 4.39. The van der Waals surface area contributed by atoms with Crippen molar-refractivity contribution in [3.8, 4) is 11.1 Å². The average Bonchev–Trinajstić information content (AvgIpc) is 2.57. The van der Waals surface area contributed by atoms with E-state index in [2.05, 4.69) is 29.1 Å². The zero-order chi connectivity index (χ0) is 14.3. The first kappa shape index (κ1) is 13.1. The molecule has 1 nitrogen and oxygen atoms in total. The minimum atomic E-state index is 0.996. The van der Waals surface area contributed by atoms with E-state index in [-0.39, 0.29) is 0 Å². The number of hydrogen-bond donors (Lipinski definition) is 0. The van der Waals surface area contributed by atoms with E-state index in [9.17, 15) is 0 Å². The van der Waals surface area contributed by atoms with Crippen LogP contribution in [0.1, 0.15) is 11.1 Å². The first-order valence-corrected chi connectivity index (χ1v) is 6.92. The van der Waals surface area contributed by atoms with E-state index in [1.807, 2.05) is 72.9 Å². The minimum Gasteiger partial charge on any atom is -0.187 e. The molecule has 3 rings (SSSR count). The molecule has 0 saturated heterocycles. The molecule has 0 atom stereocenters. The Morgan fingerprint density at radius 2 is 1.29 bits per heavy atom. The van der Waals surface area contributed by atoms with Gasteiger partial charge in [-0.2, -0.15) is 4.67 Å². The van der Waals surface area contributed by atoms with E-state index in [0.29, 0.717) is 0 Å². The lowest BCUT2D eigenvalue weighted by atomic mass is 10.0. The van der Waals surface area contributed by atoms with Gasteiger partial charge in [0.1, 0.15) is 0 Å². The third-order valence-corrected chi connectivity index (χ3v) is 3.21. The molecule has 0 heterocycles. The molecule has 0 N–H and O–H groups in total. The molecule has 21 heavy (non-hydrogen) atoms. The fraction of sp³-hybridized carbons (Fsp3) is 0. The topological polar surface area (TPSA) is 14.1 Å². The maximum absolute atomic E-state index is 4.32. The van der Waals surface area contributed by atoms with Gasteiger partial charge in [0.2, 0.25) is 6.21 Å². The van der Waals surface area contributed by atoms with Crippen LogP contribution in [0.15, 0.2) is 84.9 Å². The molecule has 0 aliphatic heterocycles. The van der Waals surface area contributed by atoms with Crippen LogP contribution in [0.25, 0.3) is 11.1 Å². The van der Waals surface area contributed by atoms with E-state index < -0.39 is 0 Å². The smallest absolute Gasteiger partial charge is 0.187 e. The Morgan fingerprint density at radius 1 is 0.667 bits per heavy atom. The molecule has 0 saturated carbocycles. The second-order valence-corrected chi connectivity index (χ2v) is 4.69. The van der Waals surface area contributed by atoms with E-state index in [0.717, 1.165) is 16.7 Å². The quantitative estimate of drug-likeness (QED) is 0.390. The van der Waals surface area contributed by atoms with Crippen LogP contribution in [-0.2, 0) is 0 Å².